The molecule has 1 aliphatic carbocycles. The molecule has 2 rings (SSSR count). The fourth-order valence-corrected chi connectivity index (χ4v) is 2.52. The highest BCUT2D eigenvalue weighted by Crippen LogP contribution is 2.45. The third-order valence-corrected chi connectivity index (χ3v) is 4.15. The van der Waals surface area contributed by atoms with Crippen molar-refractivity contribution in [3.63, 3.8) is 0 Å². The van der Waals surface area contributed by atoms with Crippen LogP contribution in [-0.2, 0) is 9.59 Å². The molecule has 20 heavy (non-hydrogen) atoms. The quantitative estimate of drug-likeness (QED) is 0.838. The second kappa shape index (κ2) is 4.91. The van der Waals surface area contributed by atoms with E-state index in [1.165, 1.54) is 9.80 Å². The third-order valence-electron chi connectivity index (χ3n) is 4.15. The minimum atomic E-state index is -4.81. The van der Waals surface area contributed by atoms with Crippen LogP contribution in [0.3, 0.4) is 0 Å². The van der Waals surface area contributed by atoms with E-state index in [-0.39, 0.29) is 25.0 Å². The maximum absolute atomic E-state index is 13.0. The number of likely N-dealkylation sites (tertiary alicyclic amines) is 1. The molecule has 0 aromatic carbocycles. The predicted molar refractivity (Wildman–Crippen MR) is 63.0 cm³/mol. The Hall–Kier alpha value is -1.31. The number of rotatable bonds is 4. The number of halogens is 3. The van der Waals surface area contributed by atoms with Crippen LogP contribution < -0.4 is 0 Å². The monoisotopic (exact) mass is 294 g/mol. The van der Waals surface area contributed by atoms with Crippen LogP contribution in [0.1, 0.15) is 19.3 Å². The van der Waals surface area contributed by atoms with Crippen molar-refractivity contribution in [1.82, 2.24) is 9.80 Å². The van der Waals surface area contributed by atoms with Crippen molar-refractivity contribution in [2.24, 2.45) is 5.41 Å². The molecule has 2 fully saturated rings. The summed E-state index contributed by atoms with van der Waals surface area (Å²) >= 11 is 0. The molecule has 1 amide bonds. The molecular weight excluding hydrogens is 277 g/mol. The zero-order chi connectivity index (χ0) is 15.1. The number of carboxylic acids is 1. The first-order valence-electron chi connectivity index (χ1n) is 6.45. The molecule has 0 aromatic rings. The minimum absolute atomic E-state index is 0.0317. The van der Waals surface area contributed by atoms with E-state index in [0.717, 1.165) is 12.8 Å². The fraction of sp³-hybridized carbons (Fsp3) is 0.833. The third kappa shape index (κ3) is 2.61. The van der Waals surface area contributed by atoms with Gasteiger partial charge in [0.1, 0.15) is 0 Å². The molecule has 0 radical (unpaired) electrons. The first kappa shape index (κ1) is 15.1. The molecule has 114 valence electrons. The van der Waals surface area contributed by atoms with Gasteiger partial charge in [-0.15, -0.1) is 0 Å². The highest BCUT2D eigenvalue weighted by Gasteiger charge is 2.63. The van der Waals surface area contributed by atoms with Crippen molar-refractivity contribution < 1.29 is 27.9 Å². The van der Waals surface area contributed by atoms with Gasteiger partial charge in [-0.3, -0.25) is 14.5 Å². The van der Waals surface area contributed by atoms with Gasteiger partial charge in [-0.05, 0) is 19.3 Å². The number of carbonyl (C=O) groups excluding carboxylic acids is 1. The summed E-state index contributed by atoms with van der Waals surface area (Å²) < 4.78 is 38.9. The Kier molecular flexibility index (Phi) is 3.70. The van der Waals surface area contributed by atoms with E-state index < -0.39 is 30.5 Å². The van der Waals surface area contributed by atoms with Gasteiger partial charge in [0.25, 0.3) is 0 Å². The van der Waals surface area contributed by atoms with Crippen molar-refractivity contribution in [3.05, 3.63) is 0 Å². The second-order valence-electron chi connectivity index (χ2n) is 5.58. The summed E-state index contributed by atoms with van der Waals surface area (Å²) in [7, 11) is 1.63. The molecule has 5 nitrogen and oxygen atoms in total. The molecule has 1 atom stereocenters. The minimum Gasteiger partial charge on any atom is -0.481 e. The largest absolute Gasteiger partial charge is 0.481 e. The molecule has 8 heteroatoms. The smallest absolute Gasteiger partial charge is 0.406 e. The summed E-state index contributed by atoms with van der Waals surface area (Å²) in [6.07, 6.45) is -3.47. The molecule has 1 saturated heterocycles. The predicted octanol–water partition coefficient (Wildman–Crippen LogP) is 0.946. The number of carboxylic acid groups (broad SMARTS) is 1. The maximum atomic E-state index is 13.0. The Morgan fingerprint density at radius 3 is 2.40 bits per heavy atom. The van der Waals surface area contributed by atoms with Gasteiger partial charge >= 0.3 is 12.1 Å². The molecule has 1 unspecified atom stereocenters. The van der Waals surface area contributed by atoms with E-state index in [1.807, 2.05) is 0 Å². The molecule has 0 spiro atoms. The topological polar surface area (TPSA) is 60.9 Å². The lowest BCUT2D eigenvalue weighted by Crippen LogP contribution is -2.48. The van der Waals surface area contributed by atoms with Gasteiger partial charge in [0, 0.05) is 26.2 Å². The molecule has 1 heterocycles. The van der Waals surface area contributed by atoms with E-state index in [2.05, 4.69) is 0 Å². The standard InChI is InChI=1S/C12H17F3N2O3/c1-16(8-2-3-8)9(18)6-17-5-4-11(7-17,10(19)20)12(13,14)15/h8H,2-7H2,1H3,(H,19,20). The normalized spacial score (nSPS) is 27.6. The molecule has 1 aliphatic heterocycles. The first-order valence-corrected chi connectivity index (χ1v) is 6.45. The summed E-state index contributed by atoms with van der Waals surface area (Å²) in [5.74, 6) is -2.12. The van der Waals surface area contributed by atoms with Crippen LogP contribution in [0.5, 0.6) is 0 Å². The number of hydrogen-bond donors (Lipinski definition) is 1. The molecule has 0 aromatic heterocycles. The zero-order valence-corrected chi connectivity index (χ0v) is 11.1. The molecule has 1 saturated carbocycles. The number of nitrogens with zero attached hydrogens (tertiary/aromatic N) is 2. The van der Waals surface area contributed by atoms with E-state index in [4.69, 9.17) is 5.11 Å². The van der Waals surface area contributed by atoms with E-state index in [1.54, 1.807) is 7.05 Å². The summed E-state index contributed by atoms with van der Waals surface area (Å²) in [4.78, 5) is 25.7. The lowest BCUT2D eigenvalue weighted by Gasteiger charge is -2.27. The van der Waals surface area contributed by atoms with E-state index >= 15 is 0 Å². The Balaban J connectivity index is 2.00. The van der Waals surface area contributed by atoms with Gasteiger partial charge in [-0.2, -0.15) is 13.2 Å². The van der Waals surface area contributed by atoms with Crippen LogP contribution in [0, 0.1) is 5.41 Å². The van der Waals surface area contributed by atoms with E-state index in [0.29, 0.717) is 0 Å². The average molecular weight is 294 g/mol. The van der Waals surface area contributed by atoms with Crippen molar-refractivity contribution in [2.75, 3.05) is 26.7 Å². The highest BCUT2D eigenvalue weighted by molar-refractivity contribution is 5.80. The van der Waals surface area contributed by atoms with Gasteiger partial charge in [0.15, 0.2) is 5.41 Å². The second-order valence-corrected chi connectivity index (χ2v) is 5.58. The van der Waals surface area contributed by atoms with Gasteiger partial charge in [-0.1, -0.05) is 0 Å². The van der Waals surface area contributed by atoms with Crippen LogP contribution in [0.4, 0.5) is 13.2 Å². The first-order chi connectivity index (χ1) is 9.17. The lowest BCUT2D eigenvalue weighted by atomic mass is 9.86. The number of hydrogen-bond acceptors (Lipinski definition) is 3. The van der Waals surface area contributed by atoms with E-state index in [9.17, 15) is 22.8 Å². The zero-order valence-electron chi connectivity index (χ0n) is 11.1. The number of alkyl halides is 3. The van der Waals surface area contributed by atoms with Crippen molar-refractivity contribution >= 4 is 11.9 Å². The van der Waals surface area contributed by atoms with Crippen LogP contribution in [0.25, 0.3) is 0 Å². The van der Waals surface area contributed by atoms with Crippen molar-refractivity contribution in [2.45, 2.75) is 31.5 Å². The Morgan fingerprint density at radius 1 is 1.40 bits per heavy atom. The highest BCUT2D eigenvalue weighted by atomic mass is 19.4. The van der Waals surface area contributed by atoms with Crippen LogP contribution in [0.2, 0.25) is 0 Å². The summed E-state index contributed by atoms with van der Waals surface area (Å²) in [6, 6.07) is 0.192. The molecule has 0 bridgehead atoms. The van der Waals surface area contributed by atoms with Gasteiger partial charge in [0.05, 0.1) is 6.54 Å². The SMILES string of the molecule is CN(C(=O)CN1CCC(C(=O)O)(C(F)(F)F)C1)C1CC1. The van der Waals surface area contributed by atoms with Gasteiger partial charge in [0.2, 0.25) is 5.91 Å². The molecule has 2 aliphatic rings. The van der Waals surface area contributed by atoms with Gasteiger partial charge < -0.3 is 10.0 Å². The van der Waals surface area contributed by atoms with Crippen molar-refractivity contribution in [3.8, 4) is 0 Å². The number of carbonyl (C=O) groups is 2. The summed E-state index contributed by atoms with van der Waals surface area (Å²) in [5.41, 5.74) is -2.74. The summed E-state index contributed by atoms with van der Waals surface area (Å²) in [5, 5.41) is 8.92. The van der Waals surface area contributed by atoms with Crippen LogP contribution in [-0.4, -0.2) is 65.7 Å². The number of aliphatic carboxylic acids is 1. The Morgan fingerprint density at radius 2 is 2.00 bits per heavy atom. The Labute approximate surface area is 114 Å². The van der Waals surface area contributed by atoms with Crippen LogP contribution in [0.15, 0.2) is 0 Å². The number of amides is 1. The lowest BCUT2D eigenvalue weighted by molar-refractivity contribution is -0.227. The Bertz CT molecular complexity index is 423. The maximum Gasteiger partial charge on any atom is 0.406 e. The average Bonchev–Trinajstić information content (AvgIpc) is 3.07. The summed E-state index contributed by atoms with van der Waals surface area (Å²) in [6.45, 7) is -0.843. The molecule has 1 N–H and O–H groups in total. The number of likely N-dealkylation sites (N-methyl/N-ethyl adjacent to an activating group) is 1. The van der Waals surface area contributed by atoms with Gasteiger partial charge in [-0.25, -0.2) is 0 Å². The van der Waals surface area contributed by atoms with Crippen molar-refractivity contribution in [1.29, 1.82) is 0 Å². The fourth-order valence-electron chi connectivity index (χ4n) is 2.52. The van der Waals surface area contributed by atoms with Crippen LogP contribution >= 0.6 is 0 Å². The molecular formula is C12H17F3N2O3.